The smallest absolute Gasteiger partial charge is 0.414 e. The van der Waals surface area contributed by atoms with Gasteiger partial charge in [-0.15, -0.1) is 0 Å². The molecule has 0 aliphatic rings. The number of hydrogen-bond acceptors (Lipinski definition) is 3. The fourth-order valence-electron chi connectivity index (χ4n) is 0.607. The molecule has 3 N–H and O–H groups in total. The first-order valence-corrected chi connectivity index (χ1v) is 3.99. The molecule has 0 saturated heterocycles. The van der Waals surface area contributed by atoms with E-state index in [0.29, 0.717) is 0 Å². The molecule has 12 heavy (non-hydrogen) atoms. The summed E-state index contributed by atoms with van der Waals surface area (Å²) in [4.78, 5) is 21.5. The van der Waals surface area contributed by atoms with Crippen molar-refractivity contribution in [3.63, 3.8) is 0 Å². The van der Waals surface area contributed by atoms with Crippen molar-refractivity contribution in [3.8, 4) is 0 Å². The average Bonchev–Trinajstić information content (AvgIpc) is 2.01. The van der Waals surface area contributed by atoms with Gasteiger partial charge in [0.25, 0.3) is 5.91 Å². The molecule has 0 spiro atoms. The Hall–Kier alpha value is -1.10. The number of hydrogen-bond donors (Lipinski definition) is 2. The minimum atomic E-state index is -0.674. The number of rotatable bonds is 4. The van der Waals surface area contributed by atoms with E-state index in [1.165, 1.54) is 0 Å². The Balaban J connectivity index is 3.47. The van der Waals surface area contributed by atoms with E-state index in [1.807, 2.05) is 6.92 Å². The minimum Gasteiger partial charge on any atom is -0.450 e. The summed E-state index contributed by atoms with van der Waals surface area (Å²) in [6.45, 7) is 4.96. The standard InChI is InChI=1S/C7H14N2O3/c1-3-8-5-6(10)9-7(11)12-4-2/h8H,3-5H2,1-2H3,(H,9,10,11)/p+1. The first-order valence-electron chi connectivity index (χ1n) is 3.99. The van der Waals surface area contributed by atoms with Gasteiger partial charge >= 0.3 is 6.09 Å². The van der Waals surface area contributed by atoms with Crippen molar-refractivity contribution >= 4 is 12.0 Å². The Kier molecular flexibility index (Phi) is 6.00. The second-order valence-electron chi connectivity index (χ2n) is 2.17. The number of amides is 2. The molecule has 0 bridgehead atoms. The number of likely N-dealkylation sites (N-methyl/N-ethyl adjacent to an activating group) is 1. The van der Waals surface area contributed by atoms with Crippen molar-refractivity contribution in [2.45, 2.75) is 13.8 Å². The fraction of sp³-hybridized carbons (Fsp3) is 0.714. The van der Waals surface area contributed by atoms with Gasteiger partial charge in [-0.05, 0) is 13.8 Å². The van der Waals surface area contributed by atoms with E-state index in [2.05, 4.69) is 10.1 Å². The summed E-state index contributed by atoms with van der Waals surface area (Å²) < 4.78 is 4.51. The number of carbonyl (C=O) groups is 2. The molecule has 0 fully saturated rings. The van der Waals surface area contributed by atoms with Crippen molar-refractivity contribution in [2.24, 2.45) is 0 Å². The van der Waals surface area contributed by atoms with Gasteiger partial charge < -0.3 is 10.1 Å². The van der Waals surface area contributed by atoms with Crippen LogP contribution >= 0.6 is 0 Å². The number of ether oxygens (including phenoxy) is 1. The van der Waals surface area contributed by atoms with Gasteiger partial charge in [0.1, 0.15) is 0 Å². The lowest BCUT2D eigenvalue weighted by Gasteiger charge is -2.01. The van der Waals surface area contributed by atoms with Crippen LogP contribution in [0.2, 0.25) is 0 Å². The van der Waals surface area contributed by atoms with Crippen LogP contribution in [-0.4, -0.2) is 31.7 Å². The monoisotopic (exact) mass is 175 g/mol. The zero-order chi connectivity index (χ0) is 9.40. The van der Waals surface area contributed by atoms with E-state index in [0.717, 1.165) is 6.54 Å². The lowest BCUT2D eigenvalue weighted by Crippen LogP contribution is -2.86. The third kappa shape index (κ3) is 5.67. The van der Waals surface area contributed by atoms with Crippen LogP contribution in [0.15, 0.2) is 0 Å². The Morgan fingerprint density at radius 2 is 2.08 bits per heavy atom. The third-order valence-corrected chi connectivity index (χ3v) is 1.14. The highest BCUT2D eigenvalue weighted by atomic mass is 16.5. The van der Waals surface area contributed by atoms with E-state index in [9.17, 15) is 9.59 Å². The van der Waals surface area contributed by atoms with E-state index in [4.69, 9.17) is 0 Å². The summed E-state index contributed by atoms with van der Waals surface area (Å²) in [5, 5.41) is 3.87. The van der Waals surface area contributed by atoms with Gasteiger partial charge in [0.15, 0.2) is 6.54 Å². The molecule has 0 heterocycles. The summed E-state index contributed by atoms with van der Waals surface area (Å²) in [5.74, 6) is -0.324. The molecular weight excluding hydrogens is 160 g/mol. The Labute approximate surface area is 71.5 Å². The lowest BCUT2D eigenvalue weighted by atomic mass is 10.5. The first kappa shape index (κ1) is 10.9. The number of carbonyl (C=O) groups excluding carboxylic acids is 2. The second kappa shape index (κ2) is 6.60. The largest absolute Gasteiger partial charge is 0.450 e. The predicted octanol–water partition coefficient (Wildman–Crippen LogP) is -1.16. The van der Waals surface area contributed by atoms with Crippen molar-refractivity contribution in [2.75, 3.05) is 19.7 Å². The normalized spacial score (nSPS) is 9.17. The maximum absolute atomic E-state index is 10.8. The molecule has 0 unspecified atom stereocenters. The number of nitrogens with one attached hydrogen (secondary N) is 1. The van der Waals surface area contributed by atoms with Crippen LogP contribution in [0.1, 0.15) is 13.8 Å². The molecule has 0 aromatic carbocycles. The molecule has 5 heteroatoms. The Morgan fingerprint density at radius 3 is 2.58 bits per heavy atom. The number of imide groups is 1. The molecule has 0 aliphatic carbocycles. The zero-order valence-electron chi connectivity index (χ0n) is 7.42. The second-order valence-corrected chi connectivity index (χ2v) is 2.17. The van der Waals surface area contributed by atoms with Crippen LogP contribution in [0.3, 0.4) is 0 Å². The maximum Gasteiger partial charge on any atom is 0.414 e. The van der Waals surface area contributed by atoms with Gasteiger partial charge in [-0.25, -0.2) is 4.79 Å². The van der Waals surface area contributed by atoms with E-state index >= 15 is 0 Å². The highest BCUT2D eigenvalue weighted by molar-refractivity contribution is 5.92. The molecule has 0 aromatic rings. The predicted molar refractivity (Wildman–Crippen MR) is 42.5 cm³/mol. The van der Waals surface area contributed by atoms with Gasteiger partial charge in [0.2, 0.25) is 0 Å². The number of nitrogens with two attached hydrogens (primary N) is 1. The van der Waals surface area contributed by atoms with Gasteiger partial charge in [-0.3, -0.25) is 10.1 Å². The van der Waals surface area contributed by atoms with Crippen molar-refractivity contribution in [3.05, 3.63) is 0 Å². The molecule has 0 aromatic heterocycles. The molecular formula is C7H15N2O3+. The zero-order valence-corrected chi connectivity index (χ0v) is 7.42. The Bertz CT molecular complexity index is 159. The van der Waals surface area contributed by atoms with Crippen molar-refractivity contribution < 1.29 is 19.6 Å². The van der Waals surface area contributed by atoms with Crippen LogP contribution in [0.4, 0.5) is 4.79 Å². The maximum atomic E-state index is 10.8. The van der Waals surface area contributed by atoms with Gasteiger partial charge in [-0.2, -0.15) is 0 Å². The summed E-state index contributed by atoms with van der Waals surface area (Å²) in [6.07, 6.45) is -0.674. The van der Waals surface area contributed by atoms with Gasteiger partial charge in [-0.1, -0.05) is 0 Å². The number of quaternary nitrogens is 1. The molecule has 0 atom stereocenters. The summed E-state index contributed by atoms with van der Waals surface area (Å²) in [7, 11) is 0. The summed E-state index contributed by atoms with van der Waals surface area (Å²) in [5.41, 5.74) is 0. The molecule has 0 radical (unpaired) electrons. The summed E-state index contributed by atoms with van der Waals surface area (Å²) >= 11 is 0. The van der Waals surface area contributed by atoms with Gasteiger partial charge in [0.05, 0.1) is 13.2 Å². The topological polar surface area (TPSA) is 72.0 Å². The molecule has 70 valence electrons. The fourth-order valence-corrected chi connectivity index (χ4v) is 0.607. The van der Waals surface area contributed by atoms with Crippen molar-refractivity contribution in [1.29, 1.82) is 0 Å². The highest BCUT2D eigenvalue weighted by Gasteiger charge is 2.07. The third-order valence-electron chi connectivity index (χ3n) is 1.14. The lowest BCUT2D eigenvalue weighted by molar-refractivity contribution is -0.640. The summed E-state index contributed by atoms with van der Waals surface area (Å²) in [6, 6.07) is 0. The van der Waals surface area contributed by atoms with E-state index < -0.39 is 6.09 Å². The number of alkyl carbamates (subject to hydrolysis) is 1. The first-order chi connectivity index (χ1) is 5.70. The van der Waals surface area contributed by atoms with E-state index in [1.54, 1.807) is 12.2 Å². The van der Waals surface area contributed by atoms with Crippen LogP contribution < -0.4 is 10.6 Å². The van der Waals surface area contributed by atoms with Crippen LogP contribution in [0.5, 0.6) is 0 Å². The quantitative estimate of drug-likeness (QED) is 0.566. The highest BCUT2D eigenvalue weighted by Crippen LogP contribution is 1.74. The molecule has 0 rings (SSSR count). The van der Waals surface area contributed by atoms with Gasteiger partial charge in [0, 0.05) is 0 Å². The van der Waals surface area contributed by atoms with Crippen LogP contribution in [0.25, 0.3) is 0 Å². The minimum absolute atomic E-state index is 0.259. The van der Waals surface area contributed by atoms with E-state index in [-0.39, 0.29) is 19.1 Å². The molecule has 2 amide bonds. The average molecular weight is 175 g/mol. The Morgan fingerprint density at radius 1 is 1.42 bits per heavy atom. The molecule has 0 aliphatic heterocycles. The molecule has 0 saturated carbocycles. The SMILES string of the molecule is CC[NH2+]CC(=O)NC(=O)OCC. The van der Waals surface area contributed by atoms with Crippen LogP contribution in [0, 0.1) is 0 Å². The van der Waals surface area contributed by atoms with Crippen molar-refractivity contribution in [1.82, 2.24) is 5.32 Å². The molecule has 5 nitrogen and oxygen atoms in total. The van der Waals surface area contributed by atoms with Crippen LogP contribution in [-0.2, 0) is 9.53 Å².